The first kappa shape index (κ1) is 25.6. The first-order chi connectivity index (χ1) is 15.2. The SMILES string of the molecule is Cl.O[C@@H](CNCCc1ccc(NC(=S)NCc2ccccc2)cc1)COc1ccccc1. The highest BCUT2D eigenvalue weighted by Crippen LogP contribution is 2.10. The second kappa shape index (κ2) is 14.4. The van der Waals surface area contributed by atoms with Crippen LogP contribution in [0.4, 0.5) is 5.69 Å². The molecule has 5 nitrogen and oxygen atoms in total. The first-order valence-corrected chi connectivity index (χ1v) is 10.8. The average molecular weight is 472 g/mol. The molecule has 3 rings (SSSR count). The van der Waals surface area contributed by atoms with Crippen molar-refractivity contribution in [3.63, 3.8) is 0 Å². The Bertz CT molecular complexity index is 911. The van der Waals surface area contributed by atoms with Crippen molar-refractivity contribution >= 4 is 35.4 Å². The predicted octanol–water partition coefficient (Wildman–Crippen LogP) is 4.17. The topological polar surface area (TPSA) is 65.5 Å². The van der Waals surface area contributed by atoms with Crippen LogP contribution in [-0.2, 0) is 13.0 Å². The smallest absolute Gasteiger partial charge is 0.171 e. The number of halogens is 1. The zero-order chi connectivity index (χ0) is 21.7. The van der Waals surface area contributed by atoms with Gasteiger partial charge in [0.2, 0.25) is 0 Å². The third-order valence-electron chi connectivity index (χ3n) is 4.66. The van der Waals surface area contributed by atoms with Crippen LogP contribution in [0, 0.1) is 0 Å². The fraction of sp³-hybridized carbons (Fsp3) is 0.240. The second-order valence-electron chi connectivity index (χ2n) is 7.22. The standard InChI is InChI=1S/C25H29N3O2S.ClH/c29-23(19-30-24-9-5-2-6-10-24)18-26-16-15-20-11-13-22(14-12-20)28-25(31)27-17-21-7-3-1-4-8-21;/h1-14,23,26,29H,15-19H2,(H2,27,28,31);1H/t23-;/m0./s1. The summed E-state index contributed by atoms with van der Waals surface area (Å²) in [5.41, 5.74) is 3.36. The van der Waals surface area contributed by atoms with Gasteiger partial charge in [0.05, 0.1) is 0 Å². The zero-order valence-corrected chi connectivity index (χ0v) is 19.5. The monoisotopic (exact) mass is 471 g/mol. The molecule has 4 N–H and O–H groups in total. The summed E-state index contributed by atoms with van der Waals surface area (Å²) in [5.74, 6) is 0.769. The Morgan fingerprint density at radius 1 is 0.875 bits per heavy atom. The molecule has 1 atom stereocenters. The van der Waals surface area contributed by atoms with Crippen LogP contribution in [0.15, 0.2) is 84.9 Å². The van der Waals surface area contributed by atoms with Crippen LogP contribution in [0.5, 0.6) is 5.75 Å². The van der Waals surface area contributed by atoms with Crippen LogP contribution in [0.25, 0.3) is 0 Å². The summed E-state index contributed by atoms with van der Waals surface area (Å²) in [6, 6.07) is 27.9. The molecule has 32 heavy (non-hydrogen) atoms. The van der Waals surface area contributed by atoms with Gasteiger partial charge >= 0.3 is 0 Å². The first-order valence-electron chi connectivity index (χ1n) is 10.4. The maximum absolute atomic E-state index is 10.0. The van der Waals surface area contributed by atoms with Gasteiger partial charge in [-0.2, -0.15) is 0 Å². The molecular weight excluding hydrogens is 442 g/mol. The Morgan fingerprint density at radius 2 is 1.53 bits per heavy atom. The molecule has 0 saturated carbocycles. The van der Waals surface area contributed by atoms with Crippen molar-refractivity contribution in [2.45, 2.75) is 19.1 Å². The van der Waals surface area contributed by atoms with E-state index in [0.717, 1.165) is 24.4 Å². The van der Waals surface area contributed by atoms with E-state index in [9.17, 15) is 5.11 Å². The van der Waals surface area contributed by atoms with Gasteiger partial charge in [0, 0.05) is 18.8 Å². The number of aliphatic hydroxyl groups excluding tert-OH is 1. The Kier molecular flexibility index (Phi) is 11.6. The average Bonchev–Trinajstić information content (AvgIpc) is 2.81. The molecule has 3 aromatic carbocycles. The van der Waals surface area contributed by atoms with Crippen LogP contribution >= 0.6 is 24.6 Å². The minimum Gasteiger partial charge on any atom is -0.491 e. The van der Waals surface area contributed by atoms with Gasteiger partial charge in [0.25, 0.3) is 0 Å². The van der Waals surface area contributed by atoms with Crippen LogP contribution in [0.1, 0.15) is 11.1 Å². The summed E-state index contributed by atoms with van der Waals surface area (Å²) >= 11 is 5.36. The Morgan fingerprint density at radius 3 is 2.22 bits per heavy atom. The van der Waals surface area contributed by atoms with E-state index in [-0.39, 0.29) is 19.0 Å². The van der Waals surface area contributed by atoms with Gasteiger partial charge in [-0.3, -0.25) is 0 Å². The molecule has 0 saturated heterocycles. The summed E-state index contributed by atoms with van der Waals surface area (Å²) in [6.07, 6.45) is 0.333. The third kappa shape index (κ3) is 9.66. The Hall–Kier alpha value is -2.64. The van der Waals surface area contributed by atoms with Crippen molar-refractivity contribution < 1.29 is 9.84 Å². The van der Waals surface area contributed by atoms with Gasteiger partial charge < -0.3 is 25.8 Å². The molecule has 170 valence electrons. The molecule has 0 fully saturated rings. The van der Waals surface area contributed by atoms with Crippen LogP contribution in [0.2, 0.25) is 0 Å². The van der Waals surface area contributed by atoms with Gasteiger partial charge in [-0.05, 0) is 60.6 Å². The molecule has 0 aliphatic heterocycles. The van der Waals surface area contributed by atoms with E-state index in [2.05, 4.69) is 40.2 Å². The summed E-state index contributed by atoms with van der Waals surface area (Å²) in [4.78, 5) is 0. The van der Waals surface area contributed by atoms with Crippen molar-refractivity contribution in [3.05, 3.63) is 96.1 Å². The molecular formula is C25H30ClN3O2S. The number of para-hydroxylation sites is 1. The number of hydrogen-bond donors (Lipinski definition) is 4. The van der Waals surface area contributed by atoms with Crippen molar-refractivity contribution in [2.75, 3.05) is 25.0 Å². The van der Waals surface area contributed by atoms with E-state index in [1.807, 2.05) is 60.7 Å². The fourth-order valence-corrected chi connectivity index (χ4v) is 3.17. The summed E-state index contributed by atoms with van der Waals surface area (Å²) < 4.78 is 5.56. The molecule has 0 aliphatic rings. The summed E-state index contributed by atoms with van der Waals surface area (Å²) in [6.45, 7) is 2.24. The van der Waals surface area contributed by atoms with E-state index in [4.69, 9.17) is 17.0 Å². The maximum Gasteiger partial charge on any atom is 0.171 e. The van der Waals surface area contributed by atoms with Gasteiger partial charge in [0.1, 0.15) is 18.5 Å². The molecule has 0 unspecified atom stereocenters. The lowest BCUT2D eigenvalue weighted by atomic mass is 10.1. The van der Waals surface area contributed by atoms with Crippen molar-refractivity contribution in [3.8, 4) is 5.75 Å². The van der Waals surface area contributed by atoms with E-state index >= 15 is 0 Å². The Labute approximate surface area is 201 Å². The minimum absolute atomic E-state index is 0. The number of hydrogen-bond acceptors (Lipinski definition) is 4. The number of aliphatic hydroxyl groups is 1. The lowest BCUT2D eigenvalue weighted by Crippen LogP contribution is -2.32. The summed E-state index contributed by atoms with van der Waals surface area (Å²) in [7, 11) is 0. The van der Waals surface area contributed by atoms with E-state index < -0.39 is 6.10 Å². The number of rotatable bonds is 11. The van der Waals surface area contributed by atoms with Crippen LogP contribution in [0.3, 0.4) is 0 Å². The largest absolute Gasteiger partial charge is 0.491 e. The fourth-order valence-electron chi connectivity index (χ4n) is 2.98. The summed E-state index contributed by atoms with van der Waals surface area (Å²) in [5, 5.41) is 20.3. The van der Waals surface area contributed by atoms with Gasteiger partial charge in [-0.25, -0.2) is 0 Å². The minimum atomic E-state index is -0.545. The maximum atomic E-state index is 10.0. The van der Waals surface area contributed by atoms with E-state index in [1.54, 1.807) is 0 Å². The molecule has 0 aliphatic carbocycles. The second-order valence-corrected chi connectivity index (χ2v) is 7.63. The van der Waals surface area contributed by atoms with Gasteiger partial charge in [0.15, 0.2) is 5.11 Å². The van der Waals surface area contributed by atoms with Crippen LogP contribution in [-0.4, -0.2) is 36.0 Å². The molecule has 0 heterocycles. The number of ether oxygens (including phenoxy) is 1. The third-order valence-corrected chi connectivity index (χ3v) is 4.91. The normalized spacial score (nSPS) is 11.2. The van der Waals surface area contributed by atoms with E-state index in [1.165, 1.54) is 11.1 Å². The lowest BCUT2D eigenvalue weighted by molar-refractivity contribution is 0.106. The zero-order valence-electron chi connectivity index (χ0n) is 17.9. The highest BCUT2D eigenvalue weighted by atomic mass is 35.5. The number of nitrogens with one attached hydrogen (secondary N) is 3. The number of benzene rings is 3. The number of thiocarbonyl (C=S) groups is 1. The highest BCUT2D eigenvalue weighted by molar-refractivity contribution is 7.80. The molecule has 3 aromatic rings. The van der Waals surface area contributed by atoms with Crippen molar-refractivity contribution in [1.29, 1.82) is 0 Å². The van der Waals surface area contributed by atoms with Gasteiger partial charge in [-0.15, -0.1) is 12.4 Å². The van der Waals surface area contributed by atoms with E-state index in [0.29, 0.717) is 18.2 Å². The van der Waals surface area contributed by atoms with Gasteiger partial charge in [-0.1, -0.05) is 60.7 Å². The number of anilines is 1. The Balaban J connectivity index is 0.00000363. The van der Waals surface area contributed by atoms with Crippen molar-refractivity contribution in [1.82, 2.24) is 10.6 Å². The molecule has 0 radical (unpaired) electrons. The molecule has 0 bridgehead atoms. The molecule has 0 aromatic heterocycles. The molecule has 7 heteroatoms. The van der Waals surface area contributed by atoms with Crippen molar-refractivity contribution in [2.24, 2.45) is 0 Å². The van der Waals surface area contributed by atoms with Crippen LogP contribution < -0.4 is 20.7 Å². The quantitative estimate of drug-likeness (QED) is 0.249. The highest BCUT2D eigenvalue weighted by Gasteiger charge is 2.05. The predicted molar refractivity (Wildman–Crippen MR) is 138 cm³/mol. The molecule has 0 spiro atoms. The lowest BCUT2D eigenvalue weighted by Gasteiger charge is -2.13. The molecule has 0 amide bonds.